The summed E-state index contributed by atoms with van der Waals surface area (Å²) in [6.45, 7) is 0.381. The van der Waals surface area contributed by atoms with E-state index in [4.69, 9.17) is 14.2 Å². The summed E-state index contributed by atoms with van der Waals surface area (Å²) in [4.78, 5) is 0. The third-order valence-electron chi connectivity index (χ3n) is 2.79. The molecule has 0 radical (unpaired) electrons. The van der Waals surface area contributed by atoms with E-state index in [-0.39, 0.29) is 13.0 Å². The number of hydrogen-bond acceptors (Lipinski definition) is 6. The van der Waals surface area contributed by atoms with Crippen LogP contribution in [0.4, 0.5) is 13.2 Å². The van der Waals surface area contributed by atoms with Crippen molar-refractivity contribution in [3.63, 3.8) is 0 Å². The molecule has 6 nitrogen and oxygen atoms in total. The Morgan fingerprint density at radius 3 is 2.46 bits per heavy atom. The van der Waals surface area contributed by atoms with Crippen LogP contribution in [0.3, 0.4) is 0 Å². The Morgan fingerprint density at radius 1 is 1.19 bits per heavy atom. The topological polar surface area (TPSA) is 71.1 Å². The van der Waals surface area contributed by atoms with Gasteiger partial charge in [0.05, 0.1) is 0 Å². The molecule has 0 aromatic heterocycles. The number of hydrogen-bond donors (Lipinski definition) is 0. The summed E-state index contributed by atoms with van der Waals surface area (Å²) in [5.74, 6) is 2.62. The van der Waals surface area contributed by atoms with Crippen LogP contribution >= 0.6 is 20.2 Å². The van der Waals surface area contributed by atoms with Crippen LogP contribution in [0.25, 0.3) is 0 Å². The zero-order chi connectivity index (χ0) is 19.0. The molecule has 0 unspecified atom stereocenters. The fourth-order valence-electron chi connectivity index (χ4n) is 1.63. The van der Waals surface area contributed by atoms with Gasteiger partial charge in [-0.3, -0.25) is 0 Å². The number of halogens is 4. The monoisotopic (exact) mass is 508 g/mol. The summed E-state index contributed by atoms with van der Waals surface area (Å²) in [6, 6.07) is 7.79. The Hall–Kier alpha value is -0.910. The van der Waals surface area contributed by atoms with Crippen LogP contribution < -0.4 is 0 Å². The van der Waals surface area contributed by atoms with Crippen molar-refractivity contribution < 1.29 is 38.3 Å². The first-order valence-electron chi connectivity index (χ1n) is 7.39. The second-order valence-electron chi connectivity index (χ2n) is 4.78. The van der Waals surface area contributed by atoms with Gasteiger partial charge in [0.2, 0.25) is 0 Å². The molecule has 146 valence electrons. The normalized spacial score (nSPS) is 16.7. The van der Waals surface area contributed by atoms with Crippen molar-refractivity contribution in [3.8, 4) is 9.85 Å². The van der Waals surface area contributed by atoms with Crippen molar-refractivity contribution in [1.29, 1.82) is 0 Å². The van der Waals surface area contributed by atoms with Crippen LogP contribution in [0.15, 0.2) is 30.3 Å². The van der Waals surface area contributed by atoms with E-state index in [0.29, 0.717) is 16.8 Å². The minimum absolute atomic E-state index is 0.127. The maximum atomic E-state index is 12.6. The van der Waals surface area contributed by atoms with Crippen LogP contribution in [0.5, 0.6) is 0 Å². The molecule has 2 rings (SSSR count). The number of alkyl halides is 3. The fraction of sp³-hybridized carbons (Fsp3) is 0.467. The standard InChI is InChI=1S/C15H16F3IO6S/c16-15(17,18)26(20,21)25-19(13-7-2-1-3-8-13)9-4-5-10-22-14-23-11-6-12-24-14/h1-3,7-8,14H,5-6,10-12H2. The Labute approximate surface area is 157 Å². The van der Waals surface area contributed by atoms with Gasteiger partial charge >= 0.3 is 157 Å². The van der Waals surface area contributed by atoms with Gasteiger partial charge in [-0.05, 0) is 0 Å². The molecule has 0 spiro atoms. The molecule has 1 saturated heterocycles. The molecule has 11 heteroatoms. The molecule has 0 amide bonds. The zero-order valence-corrected chi connectivity index (χ0v) is 16.3. The maximum absolute atomic E-state index is 12.6. The second kappa shape index (κ2) is 9.86. The summed E-state index contributed by atoms with van der Waals surface area (Å²) in [5, 5.41) is 0. The average molecular weight is 508 g/mol. The van der Waals surface area contributed by atoms with Crippen LogP contribution in [-0.4, -0.2) is 40.2 Å². The summed E-state index contributed by atoms with van der Waals surface area (Å²) in [7, 11) is -5.71. The van der Waals surface area contributed by atoms with Crippen molar-refractivity contribution in [1.82, 2.24) is 0 Å². The second-order valence-corrected chi connectivity index (χ2v) is 10.6. The SMILES string of the molecule is O=S(=O)(OI(C#CCCOC1OCCCO1)c1ccccc1)C(F)(F)F. The molecule has 1 aliphatic rings. The molecule has 0 N–H and O–H groups in total. The van der Waals surface area contributed by atoms with Gasteiger partial charge in [0.1, 0.15) is 0 Å². The van der Waals surface area contributed by atoms with E-state index >= 15 is 0 Å². The van der Waals surface area contributed by atoms with Crippen LogP contribution in [0.1, 0.15) is 12.8 Å². The van der Waals surface area contributed by atoms with Crippen molar-refractivity contribution in [3.05, 3.63) is 33.9 Å². The van der Waals surface area contributed by atoms with Gasteiger partial charge in [0.15, 0.2) is 0 Å². The molecule has 1 heterocycles. The first-order valence-corrected chi connectivity index (χ1v) is 11.8. The van der Waals surface area contributed by atoms with Crippen molar-refractivity contribution in [2.45, 2.75) is 24.8 Å². The summed E-state index contributed by atoms with van der Waals surface area (Å²) in [6.07, 6.45) is 0.940. The van der Waals surface area contributed by atoms with Gasteiger partial charge < -0.3 is 0 Å². The molecule has 1 fully saturated rings. The van der Waals surface area contributed by atoms with E-state index in [1.54, 1.807) is 18.2 Å². The van der Waals surface area contributed by atoms with Gasteiger partial charge in [-0.25, -0.2) is 0 Å². The Balaban J connectivity index is 1.99. The van der Waals surface area contributed by atoms with Gasteiger partial charge in [-0.2, -0.15) is 0 Å². The van der Waals surface area contributed by atoms with E-state index in [0.717, 1.165) is 6.42 Å². The summed E-state index contributed by atoms with van der Waals surface area (Å²) in [5.41, 5.74) is -5.49. The molecule has 1 aromatic carbocycles. The predicted molar refractivity (Wildman–Crippen MR) is 93.9 cm³/mol. The molecule has 26 heavy (non-hydrogen) atoms. The molecule has 0 saturated carbocycles. The number of ether oxygens (including phenoxy) is 3. The molecule has 0 atom stereocenters. The van der Waals surface area contributed by atoms with Gasteiger partial charge in [0.25, 0.3) is 0 Å². The van der Waals surface area contributed by atoms with Gasteiger partial charge in [-0.15, -0.1) is 0 Å². The summed E-state index contributed by atoms with van der Waals surface area (Å²) < 4.78 is 83.2. The molecule has 1 aliphatic heterocycles. The Bertz CT molecular complexity index is 723. The first kappa shape index (κ1) is 21.4. The zero-order valence-electron chi connectivity index (χ0n) is 13.4. The van der Waals surface area contributed by atoms with E-state index in [9.17, 15) is 21.6 Å². The third kappa shape index (κ3) is 6.67. The van der Waals surface area contributed by atoms with Crippen molar-refractivity contribution >= 4 is 30.4 Å². The quantitative estimate of drug-likeness (QED) is 0.255. The first-order chi connectivity index (χ1) is 12.3. The van der Waals surface area contributed by atoms with E-state index in [1.807, 2.05) is 0 Å². The Morgan fingerprint density at radius 2 is 1.85 bits per heavy atom. The predicted octanol–water partition coefficient (Wildman–Crippen LogP) is 3.23. The number of benzene rings is 1. The molecular weight excluding hydrogens is 492 g/mol. The number of rotatable bonds is 6. The fourth-order valence-corrected chi connectivity index (χ4v) is 6.89. The van der Waals surface area contributed by atoms with Crippen molar-refractivity contribution in [2.75, 3.05) is 19.8 Å². The van der Waals surface area contributed by atoms with E-state index in [1.165, 1.54) is 12.1 Å². The van der Waals surface area contributed by atoms with Crippen LogP contribution in [0, 0.1) is 13.4 Å². The van der Waals surface area contributed by atoms with E-state index in [2.05, 4.69) is 12.4 Å². The molecule has 0 bridgehead atoms. The average Bonchev–Trinajstić information content (AvgIpc) is 2.61. The van der Waals surface area contributed by atoms with Crippen LogP contribution in [-0.2, 0) is 26.8 Å². The Kier molecular flexibility index (Phi) is 8.11. The molecule has 0 aliphatic carbocycles. The summed E-state index contributed by atoms with van der Waals surface area (Å²) >= 11 is -3.39. The minimum atomic E-state index is -5.71. The molecule has 1 aromatic rings. The van der Waals surface area contributed by atoms with Gasteiger partial charge in [0, 0.05) is 0 Å². The van der Waals surface area contributed by atoms with Crippen LogP contribution in [0.2, 0.25) is 0 Å². The van der Waals surface area contributed by atoms with E-state index < -0.39 is 42.3 Å². The van der Waals surface area contributed by atoms with Gasteiger partial charge in [-0.1, -0.05) is 0 Å². The molecular formula is C15H16F3IO6S. The third-order valence-corrected chi connectivity index (χ3v) is 8.87. The van der Waals surface area contributed by atoms with Crippen molar-refractivity contribution in [2.24, 2.45) is 0 Å².